The predicted octanol–water partition coefficient (Wildman–Crippen LogP) is 2.48. The molecule has 0 saturated carbocycles. The molecular formula is C23H23ClN6O4S. The molecule has 12 heteroatoms. The topological polar surface area (TPSA) is 94.0 Å². The number of methoxy groups -OCH3 is 1. The molecule has 0 unspecified atom stereocenters. The number of thiocarbonyl (C=S) groups is 1. The van der Waals surface area contributed by atoms with Gasteiger partial charge in [-0.15, -0.1) is 5.10 Å². The lowest BCUT2D eigenvalue weighted by atomic mass is 10.1. The molecule has 10 nitrogen and oxygen atoms in total. The number of carbonyl (C=O) groups is 1. The van der Waals surface area contributed by atoms with Gasteiger partial charge in [0.1, 0.15) is 11.2 Å². The van der Waals surface area contributed by atoms with Crippen LogP contribution in [0.15, 0.2) is 42.1 Å². The number of carbonyl (C=O) groups excluding carboxylic acids is 1. The third-order valence-corrected chi connectivity index (χ3v) is 6.28. The van der Waals surface area contributed by atoms with Crippen LogP contribution in [0.1, 0.15) is 5.56 Å². The Morgan fingerprint density at radius 1 is 1.20 bits per heavy atom. The van der Waals surface area contributed by atoms with Crippen molar-refractivity contribution < 1.29 is 19.0 Å². The van der Waals surface area contributed by atoms with E-state index in [9.17, 15) is 4.79 Å². The second-order valence-electron chi connectivity index (χ2n) is 8.00. The minimum atomic E-state index is -0.168. The van der Waals surface area contributed by atoms with Gasteiger partial charge in [0.2, 0.25) is 0 Å². The average molecular weight is 515 g/mol. The number of amides is 1. The number of benzene rings is 2. The SMILES string of the molecule is COc1cc(C=C2NC(=S)N(CN3CCOCC3)C2=O)ccc1OCn1nnc2cc(Cl)ccc21. The zero-order valence-electron chi connectivity index (χ0n) is 18.9. The first-order valence-corrected chi connectivity index (χ1v) is 11.7. The molecule has 35 heavy (non-hydrogen) atoms. The lowest BCUT2D eigenvalue weighted by molar-refractivity contribution is -0.124. The number of halogens is 1. The molecular weight excluding hydrogens is 492 g/mol. The average Bonchev–Trinajstić information content (AvgIpc) is 3.38. The summed E-state index contributed by atoms with van der Waals surface area (Å²) < 4.78 is 18.4. The molecule has 1 amide bonds. The van der Waals surface area contributed by atoms with Gasteiger partial charge >= 0.3 is 0 Å². The Hall–Kier alpha value is -3.25. The lowest BCUT2D eigenvalue weighted by Gasteiger charge is -2.29. The van der Waals surface area contributed by atoms with E-state index in [2.05, 4.69) is 20.5 Å². The van der Waals surface area contributed by atoms with Gasteiger partial charge in [-0.25, -0.2) is 4.68 Å². The van der Waals surface area contributed by atoms with Crippen molar-refractivity contribution in [2.24, 2.45) is 0 Å². The van der Waals surface area contributed by atoms with Gasteiger partial charge in [-0.3, -0.25) is 14.6 Å². The number of nitrogens with one attached hydrogen (secondary N) is 1. The number of aromatic nitrogens is 3. The maximum atomic E-state index is 12.9. The molecule has 2 aromatic carbocycles. The van der Waals surface area contributed by atoms with E-state index in [1.807, 2.05) is 12.1 Å². The van der Waals surface area contributed by atoms with Crippen LogP contribution in [0.4, 0.5) is 0 Å². The summed E-state index contributed by atoms with van der Waals surface area (Å²) in [4.78, 5) is 16.7. The van der Waals surface area contributed by atoms with Crippen LogP contribution >= 0.6 is 23.8 Å². The third kappa shape index (κ3) is 5.08. The summed E-state index contributed by atoms with van der Waals surface area (Å²) in [5.74, 6) is 0.881. The highest BCUT2D eigenvalue weighted by Gasteiger charge is 2.32. The van der Waals surface area contributed by atoms with E-state index in [0.29, 0.717) is 52.7 Å². The van der Waals surface area contributed by atoms with Crippen LogP contribution in [0, 0.1) is 0 Å². The summed E-state index contributed by atoms with van der Waals surface area (Å²) >= 11 is 11.4. The van der Waals surface area contributed by atoms with Gasteiger partial charge in [0.25, 0.3) is 5.91 Å². The van der Waals surface area contributed by atoms with Gasteiger partial charge in [-0.2, -0.15) is 0 Å². The number of nitrogens with zero attached hydrogens (tertiary/aromatic N) is 5. The Bertz CT molecular complexity index is 1310. The molecule has 0 bridgehead atoms. The van der Waals surface area contributed by atoms with Crippen molar-refractivity contribution >= 4 is 51.9 Å². The normalized spacial score (nSPS) is 17.9. The van der Waals surface area contributed by atoms with Crippen molar-refractivity contribution in [2.75, 3.05) is 40.1 Å². The van der Waals surface area contributed by atoms with Crippen molar-refractivity contribution in [1.82, 2.24) is 30.1 Å². The summed E-state index contributed by atoms with van der Waals surface area (Å²) in [6, 6.07) is 10.8. The molecule has 1 N–H and O–H groups in total. The summed E-state index contributed by atoms with van der Waals surface area (Å²) in [5.41, 5.74) is 2.66. The second-order valence-corrected chi connectivity index (χ2v) is 8.82. The number of hydrogen-bond acceptors (Lipinski definition) is 8. The largest absolute Gasteiger partial charge is 0.493 e. The van der Waals surface area contributed by atoms with E-state index in [1.54, 1.807) is 47.0 Å². The first kappa shape index (κ1) is 23.5. The molecule has 0 aliphatic carbocycles. The van der Waals surface area contributed by atoms with Gasteiger partial charge < -0.3 is 19.5 Å². The summed E-state index contributed by atoms with van der Waals surface area (Å²) in [5, 5.41) is 12.2. The molecule has 2 aliphatic heterocycles. The Labute approximate surface area is 212 Å². The van der Waals surface area contributed by atoms with Crippen LogP contribution in [0.25, 0.3) is 17.1 Å². The van der Waals surface area contributed by atoms with E-state index in [1.165, 1.54) is 0 Å². The molecule has 0 atom stereocenters. The number of morpholine rings is 1. The zero-order chi connectivity index (χ0) is 24.4. The number of fused-ring (bicyclic) bond motifs is 1. The van der Waals surface area contributed by atoms with E-state index in [-0.39, 0.29) is 12.6 Å². The first-order chi connectivity index (χ1) is 17.0. The molecule has 2 fully saturated rings. The Kier molecular flexibility index (Phi) is 6.82. The highest BCUT2D eigenvalue weighted by atomic mass is 35.5. The highest BCUT2D eigenvalue weighted by Crippen LogP contribution is 2.30. The quantitative estimate of drug-likeness (QED) is 0.377. The maximum Gasteiger partial charge on any atom is 0.277 e. The highest BCUT2D eigenvalue weighted by molar-refractivity contribution is 7.80. The van der Waals surface area contributed by atoms with Crippen LogP contribution in [0.3, 0.4) is 0 Å². The van der Waals surface area contributed by atoms with Crippen molar-refractivity contribution in [3.8, 4) is 11.5 Å². The third-order valence-electron chi connectivity index (χ3n) is 5.72. The number of hydrogen-bond donors (Lipinski definition) is 1. The molecule has 182 valence electrons. The van der Waals surface area contributed by atoms with Crippen LogP contribution in [-0.4, -0.2) is 75.9 Å². The lowest BCUT2D eigenvalue weighted by Crippen LogP contribution is -2.46. The van der Waals surface area contributed by atoms with E-state index >= 15 is 0 Å². The molecule has 3 heterocycles. The predicted molar refractivity (Wildman–Crippen MR) is 134 cm³/mol. The van der Waals surface area contributed by atoms with E-state index in [4.69, 9.17) is 38.0 Å². The Morgan fingerprint density at radius 2 is 2.03 bits per heavy atom. The minimum Gasteiger partial charge on any atom is -0.493 e. The molecule has 2 aliphatic rings. The van der Waals surface area contributed by atoms with Crippen molar-refractivity contribution in [3.05, 3.63) is 52.7 Å². The molecule has 3 aromatic rings. The smallest absolute Gasteiger partial charge is 0.277 e. The van der Waals surface area contributed by atoms with Crippen LogP contribution in [0.5, 0.6) is 11.5 Å². The van der Waals surface area contributed by atoms with Gasteiger partial charge in [0.15, 0.2) is 23.3 Å². The fourth-order valence-corrected chi connectivity index (χ4v) is 4.29. The Balaban J connectivity index is 1.28. The first-order valence-electron chi connectivity index (χ1n) is 11.0. The minimum absolute atomic E-state index is 0.139. The van der Waals surface area contributed by atoms with Crippen molar-refractivity contribution in [3.63, 3.8) is 0 Å². The molecule has 1 aromatic heterocycles. The van der Waals surface area contributed by atoms with Crippen molar-refractivity contribution in [1.29, 1.82) is 0 Å². The van der Waals surface area contributed by atoms with Crippen LogP contribution < -0.4 is 14.8 Å². The molecule has 5 rings (SSSR count). The van der Waals surface area contributed by atoms with Crippen LogP contribution in [-0.2, 0) is 16.3 Å². The van der Waals surface area contributed by atoms with E-state index < -0.39 is 0 Å². The summed E-state index contributed by atoms with van der Waals surface area (Å²) in [7, 11) is 1.56. The molecule has 0 spiro atoms. The van der Waals surface area contributed by atoms with Crippen LogP contribution in [0.2, 0.25) is 5.02 Å². The fourth-order valence-electron chi connectivity index (χ4n) is 3.87. The monoisotopic (exact) mass is 514 g/mol. The number of rotatable bonds is 7. The van der Waals surface area contributed by atoms with Crippen molar-refractivity contribution in [2.45, 2.75) is 6.73 Å². The van der Waals surface area contributed by atoms with Gasteiger partial charge in [-0.1, -0.05) is 22.9 Å². The van der Waals surface area contributed by atoms with E-state index in [0.717, 1.165) is 24.2 Å². The Morgan fingerprint density at radius 3 is 2.83 bits per heavy atom. The van der Waals surface area contributed by atoms with Gasteiger partial charge in [0, 0.05) is 18.1 Å². The molecule has 0 radical (unpaired) electrons. The van der Waals surface area contributed by atoms with Gasteiger partial charge in [0.05, 0.1) is 32.5 Å². The maximum absolute atomic E-state index is 12.9. The standard InChI is InChI=1S/C23H23ClN6O4S/c1-32-21-11-15(10-18-22(31)29(23(35)25-18)13-28-6-8-33-9-7-28)2-5-20(21)34-14-30-19-4-3-16(24)12-17(19)26-27-30/h2-5,10-12H,6-9,13-14H2,1H3,(H,25,35). The fraction of sp³-hybridized carbons (Fsp3) is 0.304. The molecule has 2 saturated heterocycles. The van der Waals surface area contributed by atoms with Gasteiger partial charge in [-0.05, 0) is 54.2 Å². The number of ether oxygens (including phenoxy) is 3. The summed E-state index contributed by atoms with van der Waals surface area (Å²) in [6.07, 6.45) is 1.74. The second kappa shape index (κ2) is 10.2. The summed E-state index contributed by atoms with van der Waals surface area (Å²) in [6.45, 7) is 3.41. The zero-order valence-corrected chi connectivity index (χ0v) is 20.5.